The van der Waals surface area contributed by atoms with E-state index in [9.17, 15) is 9.18 Å². The van der Waals surface area contributed by atoms with Gasteiger partial charge < -0.3 is 14.1 Å². The number of ether oxygens (including phenoxy) is 1. The van der Waals surface area contributed by atoms with Crippen LogP contribution in [0.3, 0.4) is 0 Å². The number of piperazine rings is 1. The molecule has 31 heavy (non-hydrogen) atoms. The Morgan fingerprint density at radius 3 is 2.48 bits per heavy atom. The number of benzene rings is 2. The summed E-state index contributed by atoms with van der Waals surface area (Å²) < 4.78 is 24.9. The lowest BCUT2D eigenvalue weighted by atomic mass is 10.2. The van der Waals surface area contributed by atoms with Crippen LogP contribution in [0, 0.1) is 5.82 Å². The van der Waals surface area contributed by atoms with Crippen LogP contribution in [-0.4, -0.2) is 41.9 Å². The van der Waals surface area contributed by atoms with Gasteiger partial charge in [-0.15, -0.1) is 0 Å². The average molecular weight is 423 g/mol. The van der Waals surface area contributed by atoms with Gasteiger partial charge in [0.2, 0.25) is 0 Å². The van der Waals surface area contributed by atoms with Crippen molar-refractivity contribution in [1.82, 2.24) is 9.80 Å². The van der Waals surface area contributed by atoms with E-state index in [1.807, 2.05) is 30.3 Å². The summed E-state index contributed by atoms with van der Waals surface area (Å²) in [5, 5.41) is 0. The van der Waals surface area contributed by atoms with E-state index in [0.717, 1.165) is 30.8 Å². The fraction of sp³-hybridized carbons (Fsp3) is 0.320. The third kappa shape index (κ3) is 5.52. The van der Waals surface area contributed by atoms with Crippen LogP contribution in [0.2, 0.25) is 0 Å². The van der Waals surface area contributed by atoms with E-state index in [2.05, 4.69) is 11.8 Å². The molecule has 2 aromatic carbocycles. The Hall–Kier alpha value is -3.12. The van der Waals surface area contributed by atoms with Crippen molar-refractivity contribution in [2.45, 2.75) is 26.5 Å². The molecule has 1 fully saturated rings. The molecule has 4 rings (SSSR count). The molecule has 0 unspecified atom stereocenters. The lowest BCUT2D eigenvalue weighted by Gasteiger charge is -2.34. The van der Waals surface area contributed by atoms with E-state index >= 15 is 0 Å². The SMILES string of the molecule is CCc1ccc(OCc2ccc(C(=O)N3CCN(Cc4cccc(F)c4)CC3)o2)cc1. The topological polar surface area (TPSA) is 45.9 Å². The molecule has 1 aliphatic rings. The van der Waals surface area contributed by atoms with Gasteiger partial charge in [0.1, 0.15) is 23.9 Å². The lowest BCUT2D eigenvalue weighted by molar-refractivity contribution is 0.0594. The zero-order valence-corrected chi connectivity index (χ0v) is 17.7. The number of carbonyl (C=O) groups is 1. The summed E-state index contributed by atoms with van der Waals surface area (Å²) in [4.78, 5) is 16.8. The molecule has 0 aliphatic carbocycles. The van der Waals surface area contributed by atoms with Gasteiger partial charge >= 0.3 is 0 Å². The molecule has 0 spiro atoms. The first-order valence-corrected chi connectivity index (χ1v) is 10.7. The first-order chi connectivity index (χ1) is 15.1. The van der Waals surface area contributed by atoms with Gasteiger partial charge in [-0.2, -0.15) is 0 Å². The maximum absolute atomic E-state index is 13.4. The normalized spacial score (nSPS) is 14.6. The number of furan rings is 1. The monoisotopic (exact) mass is 422 g/mol. The van der Waals surface area contributed by atoms with Crippen molar-refractivity contribution in [2.24, 2.45) is 0 Å². The van der Waals surface area contributed by atoms with Crippen LogP contribution >= 0.6 is 0 Å². The Labute approximate surface area is 182 Å². The van der Waals surface area contributed by atoms with Crippen LogP contribution in [0.5, 0.6) is 5.75 Å². The molecule has 0 N–H and O–H groups in total. The predicted octanol–water partition coefficient (Wildman–Crippen LogP) is 4.52. The van der Waals surface area contributed by atoms with Crippen LogP contribution in [0.4, 0.5) is 4.39 Å². The van der Waals surface area contributed by atoms with Crippen molar-refractivity contribution in [1.29, 1.82) is 0 Å². The predicted molar refractivity (Wildman–Crippen MR) is 116 cm³/mol. The van der Waals surface area contributed by atoms with E-state index in [1.165, 1.54) is 11.6 Å². The zero-order valence-electron chi connectivity index (χ0n) is 17.7. The van der Waals surface area contributed by atoms with Gasteiger partial charge in [0.15, 0.2) is 5.76 Å². The molecule has 1 aliphatic heterocycles. The van der Waals surface area contributed by atoms with Crippen LogP contribution in [0.1, 0.15) is 34.4 Å². The van der Waals surface area contributed by atoms with Gasteiger partial charge in [-0.25, -0.2) is 4.39 Å². The van der Waals surface area contributed by atoms with E-state index in [-0.39, 0.29) is 18.3 Å². The largest absolute Gasteiger partial charge is 0.486 e. The molecule has 0 radical (unpaired) electrons. The van der Waals surface area contributed by atoms with E-state index in [1.54, 1.807) is 29.2 Å². The van der Waals surface area contributed by atoms with E-state index in [0.29, 0.717) is 31.2 Å². The number of nitrogens with zero attached hydrogens (tertiary/aromatic N) is 2. The lowest BCUT2D eigenvalue weighted by Crippen LogP contribution is -2.48. The summed E-state index contributed by atoms with van der Waals surface area (Å²) in [7, 11) is 0. The number of aryl methyl sites for hydroxylation is 1. The molecule has 0 bridgehead atoms. The number of hydrogen-bond acceptors (Lipinski definition) is 4. The molecular formula is C25H27FN2O3. The van der Waals surface area contributed by atoms with Gasteiger partial charge in [-0.3, -0.25) is 9.69 Å². The highest BCUT2D eigenvalue weighted by Gasteiger charge is 2.24. The van der Waals surface area contributed by atoms with Crippen molar-refractivity contribution >= 4 is 5.91 Å². The molecule has 0 atom stereocenters. The van der Waals surface area contributed by atoms with Crippen molar-refractivity contribution in [2.75, 3.05) is 26.2 Å². The number of halogens is 1. The van der Waals surface area contributed by atoms with Crippen LogP contribution in [0.15, 0.2) is 65.1 Å². The summed E-state index contributed by atoms with van der Waals surface area (Å²) in [6.45, 7) is 5.79. The third-order valence-electron chi connectivity index (χ3n) is 5.54. The molecule has 2 heterocycles. The number of carbonyl (C=O) groups excluding carboxylic acids is 1. The number of amides is 1. The minimum absolute atomic E-state index is 0.107. The molecule has 162 valence electrons. The minimum Gasteiger partial charge on any atom is -0.486 e. The molecule has 6 heteroatoms. The number of rotatable bonds is 7. The Morgan fingerprint density at radius 1 is 1.00 bits per heavy atom. The summed E-state index contributed by atoms with van der Waals surface area (Å²) in [5.74, 6) is 1.40. The van der Waals surface area contributed by atoms with Gasteiger partial charge in [0.25, 0.3) is 5.91 Å². The van der Waals surface area contributed by atoms with Gasteiger partial charge in [0, 0.05) is 32.7 Å². The molecule has 1 saturated heterocycles. The average Bonchev–Trinajstić information content (AvgIpc) is 3.27. The molecular weight excluding hydrogens is 395 g/mol. The summed E-state index contributed by atoms with van der Waals surface area (Å²) >= 11 is 0. The second kappa shape index (κ2) is 9.79. The van der Waals surface area contributed by atoms with Gasteiger partial charge in [0.05, 0.1) is 0 Å². The highest BCUT2D eigenvalue weighted by atomic mass is 19.1. The van der Waals surface area contributed by atoms with E-state index in [4.69, 9.17) is 9.15 Å². The van der Waals surface area contributed by atoms with Crippen molar-refractivity contribution in [3.05, 3.63) is 89.1 Å². The van der Waals surface area contributed by atoms with Crippen LogP contribution in [0.25, 0.3) is 0 Å². The zero-order chi connectivity index (χ0) is 21.6. The fourth-order valence-electron chi connectivity index (χ4n) is 3.70. The fourth-order valence-corrected chi connectivity index (χ4v) is 3.70. The second-order valence-electron chi connectivity index (χ2n) is 7.75. The minimum atomic E-state index is -0.220. The molecule has 1 amide bonds. The molecule has 0 saturated carbocycles. The van der Waals surface area contributed by atoms with Crippen molar-refractivity contribution in [3.8, 4) is 5.75 Å². The Kier molecular flexibility index (Phi) is 6.67. The third-order valence-corrected chi connectivity index (χ3v) is 5.54. The first-order valence-electron chi connectivity index (χ1n) is 10.7. The standard InChI is InChI=1S/C25H27FN2O3/c1-2-19-6-8-22(9-7-19)30-18-23-10-11-24(31-23)25(29)28-14-12-27(13-15-28)17-20-4-3-5-21(26)16-20/h3-11,16H,2,12-15,17-18H2,1H3. The van der Waals surface area contributed by atoms with Crippen molar-refractivity contribution in [3.63, 3.8) is 0 Å². The Morgan fingerprint density at radius 2 is 1.77 bits per heavy atom. The maximum Gasteiger partial charge on any atom is 0.289 e. The Bertz CT molecular complexity index is 1010. The second-order valence-corrected chi connectivity index (χ2v) is 7.75. The highest BCUT2D eigenvalue weighted by molar-refractivity contribution is 5.91. The van der Waals surface area contributed by atoms with E-state index < -0.39 is 0 Å². The molecule has 3 aromatic rings. The quantitative estimate of drug-likeness (QED) is 0.562. The molecule has 5 nitrogen and oxygen atoms in total. The summed E-state index contributed by atoms with van der Waals surface area (Å²) in [6, 6.07) is 18.1. The number of hydrogen-bond donors (Lipinski definition) is 0. The summed E-state index contributed by atoms with van der Waals surface area (Å²) in [5.41, 5.74) is 2.20. The van der Waals surface area contributed by atoms with Gasteiger partial charge in [-0.1, -0.05) is 31.2 Å². The smallest absolute Gasteiger partial charge is 0.289 e. The highest BCUT2D eigenvalue weighted by Crippen LogP contribution is 2.18. The Balaban J connectivity index is 1.26. The van der Waals surface area contributed by atoms with Gasteiger partial charge in [-0.05, 0) is 53.9 Å². The van der Waals surface area contributed by atoms with Crippen LogP contribution in [-0.2, 0) is 19.6 Å². The summed E-state index contributed by atoms with van der Waals surface area (Å²) in [6.07, 6.45) is 0.989. The molecule has 1 aromatic heterocycles. The first kappa shape index (κ1) is 21.1. The van der Waals surface area contributed by atoms with Crippen molar-refractivity contribution < 1.29 is 18.3 Å². The van der Waals surface area contributed by atoms with Crippen LogP contribution < -0.4 is 4.74 Å². The maximum atomic E-state index is 13.4.